The van der Waals surface area contributed by atoms with Gasteiger partial charge in [0.25, 0.3) is 11.5 Å². The number of aromatic nitrogens is 4. The molecule has 2 aromatic carbocycles. The molecule has 4 aromatic rings. The highest BCUT2D eigenvalue weighted by atomic mass is 19.4. The van der Waals surface area contributed by atoms with Gasteiger partial charge in [0, 0.05) is 17.3 Å². The number of primary amides is 1. The fraction of sp³-hybridized carbons (Fsp3) is 0.154. The lowest BCUT2D eigenvalue weighted by molar-refractivity contribution is -0.167. The molecule has 41 heavy (non-hydrogen) atoms. The Kier molecular flexibility index (Phi) is 7.89. The minimum Gasteiger partial charge on any atom is -0.366 e. The molecule has 15 heteroatoms. The zero-order valence-electron chi connectivity index (χ0n) is 21.2. The Morgan fingerprint density at radius 1 is 1.05 bits per heavy atom. The second-order valence-electron chi connectivity index (χ2n) is 8.92. The molecule has 0 saturated carbocycles. The van der Waals surface area contributed by atoms with E-state index in [2.05, 4.69) is 10.4 Å². The van der Waals surface area contributed by atoms with E-state index in [0.29, 0.717) is 17.7 Å². The molecule has 1 atom stereocenters. The highest BCUT2D eigenvalue weighted by molar-refractivity contribution is 6.03. The molecule has 212 valence electrons. The van der Waals surface area contributed by atoms with Crippen molar-refractivity contribution >= 4 is 23.4 Å². The first-order chi connectivity index (χ1) is 19.3. The molecule has 2 heterocycles. The molecule has 0 saturated heterocycles. The van der Waals surface area contributed by atoms with Crippen LogP contribution >= 0.6 is 0 Å². The SMILES string of the molecule is CC(NC(=O)c1[nH]c(=O)[nH]c(=O)c1NC(=O)C(F)(F)F)c1cccc(-c2cnn(Cc3cccc(C(N)=O)c3)c2)c1. The third-order valence-electron chi connectivity index (χ3n) is 5.92. The van der Waals surface area contributed by atoms with Gasteiger partial charge in [-0.15, -0.1) is 0 Å². The van der Waals surface area contributed by atoms with E-state index in [1.165, 1.54) is 5.32 Å². The number of benzene rings is 2. The molecular formula is C26H22F3N7O5. The predicted octanol–water partition coefficient (Wildman–Crippen LogP) is 2.07. The highest BCUT2D eigenvalue weighted by Crippen LogP contribution is 2.24. The summed E-state index contributed by atoms with van der Waals surface area (Å²) in [6.07, 6.45) is -1.95. The van der Waals surface area contributed by atoms with Crippen molar-refractivity contribution < 1.29 is 27.6 Å². The summed E-state index contributed by atoms with van der Waals surface area (Å²) in [5.74, 6) is -4.14. The topological polar surface area (TPSA) is 185 Å². The van der Waals surface area contributed by atoms with E-state index in [-0.39, 0.29) is 0 Å². The lowest BCUT2D eigenvalue weighted by Gasteiger charge is -2.16. The van der Waals surface area contributed by atoms with Gasteiger partial charge >= 0.3 is 17.8 Å². The van der Waals surface area contributed by atoms with Gasteiger partial charge in [0.15, 0.2) is 0 Å². The lowest BCUT2D eigenvalue weighted by Crippen LogP contribution is -2.38. The second kappa shape index (κ2) is 11.3. The van der Waals surface area contributed by atoms with Crippen LogP contribution in [0.25, 0.3) is 11.1 Å². The molecule has 3 amide bonds. The predicted molar refractivity (Wildman–Crippen MR) is 140 cm³/mol. The van der Waals surface area contributed by atoms with Crippen LogP contribution in [-0.4, -0.2) is 43.6 Å². The summed E-state index contributed by atoms with van der Waals surface area (Å²) in [4.78, 5) is 63.1. The normalized spacial score (nSPS) is 12.0. The number of rotatable bonds is 8. The van der Waals surface area contributed by atoms with E-state index in [4.69, 9.17) is 5.73 Å². The monoisotopic (exact) mass is 569 g/mol. The number of carbonyl (C=O) groups is 3. The maximum Gasteiger partial charge on any atom is 0.471 e. The van der Waals surface area contributed by atoms with Crippen LogP contribution in [-0.2, 0) is 11.3 Å². The molecule has 0 bridgehead atoms. The van der Waals surface area contributed by atoms with E-state index in [9.17, 15) is 37.1 Å². The summed E-state index contributed by atoms with van der Waals surface area (Å²) in [7, 11) is 0. The minimum absolute atomic E-state index is 0.370. The standard InChI is InChI=1S/C26H22F3N7O5/c1-13(32-22(38)20-19(23(39)35-25(41)34-20)33-24(40)26(27,28)29)15-5-3-6-16(9-15)18-10-31-36(12-18)11-14-4-2-7-17(8-14)21(30)37/h2-10,12-13H,11H2,1H3,(H2,30,37)(H,32,38)(H,33,40)(H2,34,35,39,41). The molecule has 0 fully saturated rings. The maximum atomic E-state index is 12.9. The number of carbonyl (C=O) groups excluding carboxylic acids is 3. The average molecular weight is 570 g/mol. The molecule has 2 aromatic heterocycles. The van der Waals surface area contributed by atoms with Crippen LogP contribution in [0.5, 0.6) is 0 Å². The van der Waals surface area contributed by atoms with Crippen molar-refractivity contribution in [1.29, 1.82) is 0 Å². The van der Waals surface area contributed by atoms with Gasteiger partial charge in [0.2, 0.25) is 5.91 Å². The molecule has 6 N–H and O–H groups in total. The molecule has 1 unspecified atom stereocenters. The van der Waals surface area contributed by atoms with E-state index in [1.807, 2.05) is 11.1 Å². The third-order valence-corrected chi connectivity index (χ3v) is 5.92. The minimum atomic E-state index is -5.34. The summed E-state index contributed by atoms with van der Waals surface area (Å²) < 4.78 is 39.8. The van der Waals surface area contributed by atoms with Crippen molar-refractivity contribution in [2.75, 3.05) is 5.32 Å². The van der Waals surface area contributed by atoms with Gasteiger partial charge < -0.3 is 21.4 Å². The van der Waals surface area contributed by atoms with E-state index in [0.717, 1.165) is 16.7 Å². The second-order valence-corrected chi connectivity index (χ2v) is 8.92. The Morgan fingerprint density at radius 2 is 1.78 bits per heavy atom. The highest BCUT2D eigenvalue weighted by Gasteiger charge is 2.40. The van der Waals surface area contributed by atoms with Crippen molar-refractivity contribution in [3.63, 3.8) is 0 Å². The number of halogens is 3. The number of nitrogens with two attached hydrogens (primary N) is 1. The Bertz CT molecular complexity index is 1760. The Labute approximate surface area is 228 Å². The molecule has 4 rings (SSSR count). The van der Waals surface area contributed by atoms with Gasteiger partial charge in [-0.2, -0.15) is 18.3 Å². The number of anilines is 1. The molecular weight excluding hydrogens is 547 g/mol. The van der Waals surface area contributed by atoms with Gasteiger partial charge in [0.1, 0.15) is 11.4 Å². The summed E-state index contributed by atoms with van der Waals surface area (Å²) >= 11 is 0. The van der Waals surface area contributed by atoms with Gasteiger partial charge in [-0.3, -0.25) is 28.8 Å². The van der Waals surface area contributed by atoms with Crippen LogP contribution in [0.15, 0.2) is 70.5 Å². The summed E-state index contributed by atoms with van der Waals surface area (Å²) in [6.45, 7) is 1.94. The number of aromatic amines is 2. The quantitative estimate of drug-likeness (QED) is 0.216. The number of hydrogen-bond donors (Lipinski definition) is 5. The Morgan fingerprint density at radius 3 is 2.49 bits per heavy atom. The van der Waals surface area contributed by atoms with Crippen molar-refractivity contribution in [3.8, 4) is 11.1 Å². The zero-order valence-corrected chi connectivity index (χ0v) is 21.2. The zero-order chi connectivity index (χ0) is 29.9. The first-order valence-electron chi connectivity index (χ1n) is 11.9. The fourth-order valence-corrected chi connectivity index (χ4v) is 3.91. The van der Waals surface area contributed by atoms with E-state index in [1.54, 1.807) is 71.4 Å². The molecule has 0 radical (unpaired) electrons. The molecule has 0 aliphatic heterocycles. The molecule has 12 nitrogen and oxygen atoms in total. The van der Waals surface area contributed by atoms with Crippen LogP contribution < -0.4 is 27.6 Å². The third kappa shape index (κ3) is 6.76. The smallest absolute Gasteiger partial charge is 0.366 e. The first kappa shape index (κ1) is 28.5. The number of nitrogens with zero attached hydrogens (tertiary/aromatic N) is 2. The first-order valence-corrected chi connectivity index (χ1v) is 11.9. The molecule has 0 aliphatic rings. The average Bonchev–Trinajstić information content (AvgIpc) is 3.38. The van der Waals surface area contributed by atoms with Crippen LogP contribution in [0.4, 0.5) is 18.9 Å². The van der Waals surface area contributed by atoms with Crippen molar-refractivity contribution in [2.24, 2.45) is 5.73 Å². The van der Waals surface area contributed by atoms with Crippen molar-refractivity contribution in [1.82, 2.24) is 25.1 Å². The number of alkyl halides is 3. The number of amides is 3. The summed E-state index contributed by atoms with van der Waals surface area (Å²) in [5, 5.41) is 8.17. The summed E-state index contributed by atoms with van der Waals surface area (Å²) in [6, 6.07) is 13.0. The van der Waals surface area contributed by atoms with Crippen LogP contribution in [0.3, 0.4) is 0 Å². The number of hydrogen-bond acceptors (Lipinski definition) is 6. The van der Waals surface area contributed by atoms with Gasteiger partial charge in [-0.05, 0) is 41.8 Å². The number of H-pyrrole nitrogens is 2. The van der Waals surface area contributed by atoms with Gasteiger partial charge in [-0.25, -0.2) is 4.79 Å². The van der Waals surface area contributed by atoms with E-state index < -0.39 is 52.6 Å². The summed E-state index contributed by atoms with van der Waals surface area (Å²) in [5.41, 5.74) is 4.11. The van der Waals surface area contributed by atoms with E-state index >= 15 is 0 Å². The van der Waals surface area contributed by atoms with Gasteiger partial charge in [-0.1, -0.05) is 30.3 Å². The Balaban J connectivity index is 1.52. The van der Waals surface area contributed by atoms with Crippen molar-refractivity contribution in [3.05, 3.63) is 104 Å². The van der Waals surface area contributed by atoms with Crippen molar-refractivity contribution in [2.45, 2.75) is 25.7 Å². The van der Waals surface area contributed by atoms with Crippen LogP contribution in [0.2, 0.25) is 0 Å². The molecule has 0 aliphatic carbocycles. The fourth-order valence-electron chi connectivity index (χ4n) is 3.91. The molecule has 0 spiro atoms. The van der Waals surface area contributed by atoms with Crippen LogP contribution in [0.1, 0.15) is 44.9 Å². The largest absolute Gasteiger partial charge is 0.471 e. The maximum absolute atomic E-state index is 12.9. The Hall–Kier alpha value is -5.47. The number of nitrogens with one attached hydrogen (secondary N) is 4. The van der Waals surface area contributed by atoms with Gasteiger partial charge in [0.05, 0.1) is 18.8 Å². The van der Waals surface area contributed by atoms with Crippen LogP contribution in [0, 0.1) is 0 Å². The lowest BCUT2D eigenvalue weighted by atomic mass is 10.0.